The molecule has 7 nitrogen and oxygen atoms in total. The minimum Gasteiger partial charge on any atom is -0.379 e. The molecule has 168 valence electrons. The molecule has 6 rings (SSSR count). The van der Waals surface area contributed by atoms with Crippen LogP contribution in [-0.2, 0) is 14.9 Å². The molecular weight excluding hydrogens is 414 g/mol. The van der Waals surface area contributed by atoms with Gasteiger partial charge in [-0.2, -0.15) is 10.2 Å². The third-order valence-corrected chi connectivity index (χ3v) is 7.55. The second kappa shape index (κ2) is 7.35. The van der Waals surface area contributed by atoms with E-state index in [4.69, 9.17) is 4.74 Å². The van der Waals surface area contributed by atoms with Gasteiger partial charge in [0.1, 0.15) is 0 Å². The molecule has 1 unspecified atom stereocenters. The van der Waals surface area contributed by atoms with Crippen LogP contribution in [0.2, 0.25) is 0 Å². The lowest BCUT2D eigenvalue weighted by atomic mass is 9.61. The predicted molar refractivity (Wildman–Crippen MR) is 124 cm³/mol. The van der Waals surface area contributed by atoms with Crippen LogP contribution in [-0.4, -0.2) is 35.8 Å². The normalized spacial score (nSPS) is 30.1. The van der Waals surface area contributed by atoms with Crippen LogP contribution in [0.15, 0.2) is 75.9 Å². The summed E-state index contributed by atoms with van der Waals surface area (Å²) in [4.78, 5) is 18.1. The molecule has 0 bridgehead atoms. The number of nitrogens with one attached hydrogen (secondary N) is 2. The fraction of sp³-hybridized carbons (Fsp3) is 0.385. The van der Waals surface area contributed by atoms with E-state index in [-0.39, 0.29) is 17.6 Å². The van der Waals surface area contributed by atoms with E-state index in [9.17, 15) is 4.79 Å². The fourth-order valence-electron chi connectivity index (χ4n) is 5.97. The van der Waals surface area contributed by atoms with Crippen molar-refractivity contribution in [3.8, 4) is 11.1 Å². The van der Waals surface area contributed by atoms with Crippen LogP contribution in [0.4, 0.5) is 0 Å². The van der Waals surface area contributed by atoms with Crippen molar-refractivity contribution in [2.24, 2.45) is 10.2 Å². The summed E-state index contributed by atoms with van der Waals surface area (Å²) in [6.07, 6.45) is 5.70. The number of benzene rings is 1. The van der Waals surface area contributed by atoms with Crippen molar-refractivity contribution in [3.63, 3.8) is 0 Å². The molecule has 1 aromatic heterocycles. The molecule has 7 heteroatoms. The van der Waals surface area contributed by atoms with Crippen molar-refractivity contribution >= 4 is 5.91 Å². The molecule has 1 aromatic carbocycles. The molecule has 3 atom stereocenters. The summed E-state index contributed by atoms with van der Waals surface area (Å²) >= 11 is 0. The molecule has 0 aliphatic carbocycles. The number of carbonyl (C=O) groups excluding carboxylic acids is 1. The van der Waals surface area contributed by atoms with Gasteiger partial charge in [-0.15, -0.1) is 0 Å². The lowest BCUT2D eigenvalue weighted by Crippen LogP contribution is -2.60. The molecule has 2 N–H and O–H groups in total. The number of carbonyl (C=O) groups is 1. The Morgan fingerprint density at radius 1 is 1.21 bits per heavy atom. The number of ether oxygens (including phenoxy) is 1. The molecule has 1 saturated heterocycles. The molecule has 1 spiro atoms. The van der Waals surface area contributed by atoms with Crippen LogP contribution < -0.4 is 10.6 Å². The monoisotopic (exact) mass is 441 g/mol. The Kier molecular flexibility index (Phi) is 4.52. The first-order valence-electron chi connectivity index (χ1n) is 11.6. The number of pyridine rings is 1. The zero-order valence-corrected chi connectivity index (χ0v) is 18.9. The summed E-state index contributed by atoms with van der Waals surface area (Å²) in [5, 5.41) is 15.6. The van der Waals surface area contributed by atoms with Crippen LogP contribution >= 0.6 is 0 Å². The van der Waals surface area contributed by atoms with E-state index in [0.717, 1.165) is 58.5 Å². The minimum atomic E-state index is -0.599. The third-order valence-electron chi connectivity index (χ3n) is 7.55. The second-order valence-electron chi connectivity index (χ2n) is 9.46. The van der Waals surface area contributed by atoms with Gasteiger partial charge in [0.25, 0.3) is 5.91 Å². The van der Waals surface area contributed by atoms with Gasteiger partial charge in [0, 0.05) is 36.2 Å². The molecule has 0 radical (unpaired) electrons. The number of aryl methyl sites for hydroxylation is 1. The standard InChI is InChI=1S/C26H27N5O2/c1-3-26(19-6-4-5-17(12-19)18-7-9-27-16(2)11-18)20-14-28-31-23(20)29-21-13-25(8-10-33-15-25)30-24(32)22(21)26/h4-7,9,11-12,14,23,29H,3,8,10,13,15H2,1-2H3,(H,30,32)/t23?,25-,26-/m0/s1. The summed E-state index contributed by atoms with van der Waals surface area (Å²) in [6, 6.07) is 12.6. The largest absolute Gasteiger partial charge is 0.379 e. The van der Waals surface area contributed by atoms with Gasteiger partial charge in [-0.1, -0.05) is 25.1 Å². The van der Waals surface area contributed by atoms with Crippen molar-refractivity contribution in [3.05, 3.63) is 76.9 Å². The fourth-order valence-corrected chi connectivity index (χ4v) is 5.97. The summed E-state index contributed by atoms with van der Waals surface area (Å²) in [6.45, 7) is 5.36. The van der Waals surface area contributed by atoms with Crippen molar-refractivity contribution in [2.45, 2.75) is 50.2 Å². The SMILES string of the molecule is CC[C@]1(c2cccc(-c3ccnc(C)c3)c2)C2=CN=NC2NC2=C1C(=O)N[C@@]1(CCOC1)C2. The number of hydrogen-bond donors (Lipinski definition) is 2. The summed E-state index contributed by atoms with van der Waals surface area (Å²) < 4.78 is 5.67. The molecular formula is C26H27N5O2. The topological polar surface area (TPSA) is 88.0 Å². The van der Waals surface area contributed by atoms with E-state index in [0.29, 0.717) is 13.2 Å². The molecule has 1 fully saturated rings. The summed E-state index contributed by atoms with van der Waals surface area (Å²) in [5.41, 5.74) is 6.13. The van der Waals surface area contributed by atoms with E-state index >= 15 is 0 Å². The van der Waals surface area contributed by atoms with Crippen molar-refractivity contribution < 1.29 is 9.53 Å². The smallest absolute Gasteiger partial charge is 0.250 e. The van der Waals surface area contributed by atoms with Crippen LogP contribution in [0.25, 0.3) is 11.1 Å². The highest BCUT2D eigenvalue weighted by atomic mass is 16.5. The van der Waals surface area contributed by atoms with E-state index in [2.05, 4.69) is 63.1 Å². The Morgan fingerprint density at radius 2 is 2.09 bits per heavy atom. The highest BCUT2D eigenvalue weighted by molar-refractivity contribution is 6.00. The molecule has 0 saturated carbocycles. The molecule has 5 heterocycles. The highest BCUT2D eigenvalue weighted by Crippen LogP contribution is 2.52. The van der Waals surface area contributed by atoms with Crippen molar-refractivity contribution in [2.75, 3.05) is 13.2 Å². The van der Waals surface area contributed by atoms with Gasteiger partial charge in [0.2, 0.25) is 0 Å². The summed E-state index contributed by atoms with van der Waals surface area (Å²) in [5.74, 6) is -0.0208. The molecule has 4 aliphatic rings. The lowest BCUT2D eigenvalue weighted by molar-refractivity contribution is -0.121. The number of fused-ring (bicyclic) bond motifs is 1. The lowest BCUT2D eigenvalue weighted by Gasteiger charge is -2.48. The van der Waals surface area contributed by atoms with Crippen LogP contribution in [0.5, 0.6) is 0 Å². The average Bonchev–Trinajstić information content (AvgIpc) is 3.47. The van der Waals surface area contributed by atoms with E-state index in [1.807, 2.05) is 25.4 Å². The van der Waals surface area contributed by atoms with Crippen LogP contribution in [0.1, 0.15) is 37.4 Å². The quantitative estimate of drug-likeness (QED) is 0.756. The predicted octanol–water partition coefficient (Wildman–Crippen LogP) is 3.92. The number of hydrogen-bond acceptors (Lipinski definition) is 6. The molecule has 1 amide bonds. The zero-order valence-electron chi connectivity index (χ0n) is 18.9. The van der Waals surface area contributed by atoms with Gasteiger partial charge in [-0.25, -0.2) is 0 Å². The maximum absolute atomic E-state index is 13.8. The first kappa shape index (κ1) is 20.3. The summed E-state index contributed by atoms with van der Waals surface area (Å²) in [7, 11) is 0. The van der Waals surface area contributed by atoms with Gasteiger partial charge in [0.15, 0.2) is 6.17 Å². The third kappa shape index (κ3) is 2.99. The average molecular weight is 442 g/mol. The maximum Gasteiger partial charge on any atom is 0.250 e. The Balaban J connectivity index is 1.54. The highest BCUT2D eigenvalue weighted by Gasteiger charge is 2.55. The Hall–Kier alpha value is -3.32. The Labute approximate surface area is 193 Å². The zero-order chi connectivity index (χ0) is 22.6. The maximum atomic E-state index is 13.8. The van der Waals surface area contributed by atoms with E-state index in [1.165, 1.54) is 0 Å². The van der Waals surface area contributed by atoms with Crippen LogP contribution in [0.3, 0.4) is 0 Å². The van der Waals surface area contributed by atoms with Gasteiger partial charge in [0.05, 0.1) is 29.3 Å². The van der Waals surface area contributed by atoms with E-state index in [1.54, 1.807) is 0 Å². The number of rotatable bonds is 3. The van der Waals surface area contributed by atoms with E-state index < -0.39 is 5.41 Å². The first-order chi connectivity index (χ1) is 16.0. The molecule has 4 aliphatic heterocycles. The molecule has 33 heavy (non-hydrogen) atoms. The van der Waals surface area contributed by atoms with Crippen LogP contribution in [0, 0.1) is 6.92 Å². The number of aromatic nitrogens is 1. The van der Waals surface area contributed by atoms with Gasteiger partial charge in [-0.05, 0) is 54.7 Å². The number of amides is 1. The molecule has 2 aromatic rings. The first-order valence-corrected chi connectivity index (χ1v) is 11.6. The van der Waals surface area contributed by atoms with Gasteiger partial charge in [-0.3, -0.25) is 9.78 Å². The number of azo groups is 1. The Morgan fingerprint density at radius 3 is 2.88 bits per heavy atom. The van der Waals surface area contributed by atoms with Gasteiger partial charge >= 0.3 is 0 Å². The second-order valence-corrected chi connectivity index (χ2v) is 9.46. The minimum absolute atomic E-state index is 0.0208. The van der Waals surface area contributed by atoms with Crippen molar-refractivity contribution in [1.82, 2.24) is 15.6 Å². The van der Waals surface area contributed by atoms with Gasteiger partial charge < -0.3 is 15.4 Å². The number of nitrogens with zero attached hydrogens (tertiary/aromatic N) is 3. The van der Waals surface area contributed by atoms with Crippen molar-refractivity contribution in [1.29, 1.82) is 0 Å². The Bertz CT molecular complexity index is 1240.